The van der Waals surface area contributed by atoms with E-state index >= 15 is 0 Å². The van der Waals surface area contributed by atoms with Gasteiger partial charge in [-0.15, -0.1) is 23.5 Å². The SMILES string of the molecule is CN(C)S(=O)(=O)c1cccc(NC(=O)COC(=O)c2ccc(C3SCCS3)cc2)c1. The first kappa shape index (κ1) is 22.7. The van der Waals surface area contributed by atoms with E-state index in [1.165, 1.54) is 32.3 Å². The van der Waals surface area contributed by atoms with Gasteiger partial charge in [0, 0.05) is 31.3 Å². The molecular weight excluding hydrogens is 444 g/mol. The van der Waals surface area contributed by atoms with Crippen LogP contribution >= 0.6 is 23.5 Å². The fourth-order valence-corrected chi connectivity index (χ4v) is 6.49. The van der Waals surface area contributed by atoms with Crippen LogP contribution in [-0.2, 0) is 19.6 Å². The molecule has 10 heteroatoms. The first-order chi connectivity index (χ1) is 14.3. The maximum absolute atomic E-state index is 12.2. The van der Waals surface area contributed by atoms with Crippen LogP contribution in [0, 0.1) is 0 Å². The molecule has 1 amide bonds. The summed E-state index contributed by atoms with van der Waals surface area (Å²) in [5, 5.41) is 2.54. The third kappa shape index (κ3) is 5.57. The van der Waals surface area contributed by atoms with Gasteiger partial charge in [-0.3, -0.25) is 4.79 Å². The van der Waals surface area contributed by atoms with Crippen molar-refractivity contribution in [1.82, 2.24) is 4.31 Å². The number of carbonyl (C=O) groups is 2. The molecule has 0 saturated carbocycles. The fourth-order valence-electron chi connectivity index (χ4n) is 2.68. The second-order valence-corrected chi connectivity index (χ2v) is 11.5. The minimum absolute atomic E-state index is 0.0565. The molecule has 0 radical (unpaired) electrons. The van der Waals surface area contributed by atoms with Crippen molar-refractivity contribution in [3.8, 4) is 0 Å². The molecule has 2 aromatic rings. The van der Waals surface area contributed by atoms with Gasteiger partial charge in [-0.1, -0.05) is 18.2 Å². The number of nitrogens with zero attached hydrogens (tertiary/aromatic N) is 1. The Morgan fingerprint density at radius 2 is 1.77 bits per heavy atom. The maximum atomic E-state index is 12.2. The number of rotatable bonds is 7. The molecule has 1 heterocycles. The highest BCUT2D eigenvalue weighted by molar-refractivity contribution is 8.19. The molecule has 1 aliphatic rings. The topological polar surface area (TPSA) is 92.8 Å². The first-order valence-corrected chi connectivity index (χ1v) is 12.6. The zero-order valence-electron chi connectivity index (χ0n) is 16.5. The molecule has 3 rings (SSSR count). The predicted molar refractivity (Wildman–Crippen MR) is 120 cm³/mol. The quantitative estimate of drug-likeness (QED) is 0.626. The average Bonchev–Trinajstić information content (AvgIpc) is 3.27. The van der Waals surface area contributed by atoms with E-state index in [1.54, 1.807) is 18.2 Å². The van der Waals surface area contributed by atoms with E-state index < -0.39 is 28.5 Å². The molecule has 30 heavy (non-hydrogen) atoms. The van der Waals surface area contributed by atoms with Gasteiger partial charge >= 0.3 is 5.97 Å². The van der Waals surface area contributed by atoms with E-state index in [2.05, 4.69) is 5.32 Å². The summed E-state index contributed by atoms with van der Waals surface area (Å²) in [4.78, 5) is 24.4. The second-order valence-electron chi connectivity index (χ2n) is 6.64. The van der Waals surface area contributed by atoms with E-state index in [0.717, 1.165) is 21.4 Å². The van der Waals surface area contributed by atoms with Crippen molar-refractivity contribution in [3.05, 3.63) is 59.7 Å². The van der Waals surface area contributed by atoms with Gasteiger partial charge in [0.1, 0.15) is 0 Å². The number of sulfonamides is 1. The van der Waals surface area contributed by atoms with Crippen molar-refractivity contribution in [3.63, 3.8) is 0 Å². The highest BCUT2D eigenvalue weighted by atomic mass is 32.2. The van der Waals surface area contributed by atoms with Gasteiger partial charge in [0.15, 0.2) is 6.61 Å². The van der Waals surface area contributed by atoms with E-state index in [4.69, 9.17) is 4.74 Å². The molecule has 0 atom stereocenters. The summed E-state index contributed by atoms with van der Waals surface area (Å²) in [6.45, 7) is -0.473. The molecule has 0 spiro atoms. The van der Waals surface area contributed by atoms with Crippen LogP contribution < -0.4 is 5.32 Å². The Bertz CT molecular complexity index is 1020. The summed E-state index contributed by atoms with van der Waals surface area (Å²) >= 11 is 3.76. The van der Waals surface area contributed by atoms with Crippen molar-refractivity contribution >= 4 is 51.1 Å². The molecule has 0 aromatic heterocycles. The third-order valence-corrected chi connectivity index (χ3v) is 9.19. The van der Waals surface area contributed by atoms with Gasteiger partial charge in [0.05, 0.1) is 15.0 Å². The molecule has 1 fully saturated rings. The summed E-state index contributed by atoms with van der Waals surface area (Å²) in [6, 6.07) is 13.1. The molecule has 1 saturated heterocycles. The van der Waals surface area contributed by atoms with E-state index in [-0.39, 0.29) is 4.90 Å². The average molecular weight is 467 g/mol. The van der Waals surface area contributed by atoms with Gasteiger partial charge in [0.25, 0.3) is 5.91 Å². The number of esters is 1. The molecule has 0 aliphatic carbocycles. The largest absolute Gasteiger partial charge is 0.452 e. The predicted octanol–water partition coefficient (Wildman–Crippen LogP) is 3.21. The van der Waals surface area contributed by atoms with Crippen LogP contribution in [0.2, 0.25) is 0 Å². The Hall–Kier alpha value is -2.01. The number of hydrogen-bond donors (Lipinski definition) is 1. The van der Waals surface area contributed by atoms with Crippen LogP contribution in [0.5, 0.6) is 0 Å². The van der Waals surface area contributed by atoms with Crippen LogP contribution in [0.25, 0.3) is 0 Å². The van der Waals surface area contributed by atoms with Crippen molar-refractivity contribution in [2.75, 3.05) is 37.5 Å². The monoisotopic (exact) mass is 466 g/mol. The Labute approximate surface area is 184 Å². The molecule has 0 unspecified atom stereocenters. The molecule has 0 bridgehead atoms. The number of thioether (sulfide) groups is 2. The van der Waals surface area contributed by atoms with Gasteiger partial charge < -0.3 is 10.1 Å². The highest BCUT2D eigenvalue weighted by Gasteiger charge is 2.20. The number of ether oxygens (including phenoxy) is 1. The fraction of sp³-hybridized carbons (Fsp3) is 0.300. The van der Waals surface area contributed by atoms with Crippen LogP contribution in [-0.4, -0.2) is 56.8 Å². The minimum atomic E-state index is -3.61. The number of nitrogens with one attached hydrogen (secondary N) is 1. The first-order valence-electron chi connectivity index (χ1n) is 9.10. The number of carbonyl (C=O) groups excluding carboxylic acids is 2. The molecule has 7 nitrogen and oxygen atoms in total. The summed E-state index contributed by atoms with van der Waals surface area (Å²) in [6.07, 6.45) is 0. The zero-order valence-corrected chi connectivity index (χ0v) is 19.0. The van der Waals surface area contributed by atoms with E-state index in [0.29, 0.717) is 15.8 Å². The Balaban J connectivity index is 1.55. The Morgan fingerprint density at radius 1 is 1.10 bits per heavy atom. The number of amides is 1. The summed E-state index contributed by atoms with van der Waals surface area (Å²) < 4.78 is 30.9. The molecule has 160 valence electrons. The Morgan fingerprint density at radius 3 is 2.40 bits per heavy atom. The lowest BCUT2D eigenvalue weighted by Crippen LogP contribution is -2.23. The molecule has 2 aromatic carbocycles. The molecular formula is C20H22N2O5S3. The summed E-state index contributed by atoms with van der Waals surface area (Å²) in [5.74, 6) is 1.10. The van der Waals surface area contributed by atoms with Crippen LogP contribution in [0.4, 0.5) is 5.69 Å². The summed E-state index contributed by atoms with van der Waals surface area (Å²) in [7, 11) is -0.756. The molecule has 1 N–H and O–H groups in total. The van der Waals surface area contributed by atoms with Gasteiger partial charge in [0.2, 0.25) is 10.0 Å². The van der Waals surface area contributed by atoms with Crippen LogP contribution in [0.15, 0.2) is 53.4 Å². The van der Waals surface area contributed by atoms with Gasteiger partial charge in [-0.05, 0) is 35.9 Å². The lowest BCUT2D eigenvalue weighted by Gasteiger charge is -2.13. The zero-order chi connectivity index (χ0) is 21.7. The third-order valence-electron chi connectivity index (χ3n) is 4.27. The maximum Gasteiger partial charge on any atom is 0.338 e. The standard InChI is InChI=1S/C20H22N2O5S3/c1-22(2)30(25,26)17-5-3-4-16(12-17)21-18(23)13-27-19(24)14-6-8-15(9-7-14)20-28-10-11-29-20/h3-9,12,20H,10-11,13H2,1-2H3,(H,21,23). The van der Waals surface area contributed by atoms with Gasteiger partial charge in [-0.2, -0.15) is 0 Å². The second kappa shape index (κ2) is 9.86. The lowest BCUT2D eigenvalue weighted by atomic mass is 10.1. The van der Waals surface area contributed by atoms with E-state index in [1.807, 2.05) is 35.7 Å². The smallest absolute Gasteiger partial charge is 0.338 e. The van der Waals surface area contributed by atoms with Crippen molar-refractivity contribution in [2.24, 2.45) is 0 Å². The number of benzene rings is 2. The minimum Gasteiger partial charge on any atom is -0.452 e. The van der Waals surface area contributed by atoms with Crippen molar-refractivity contribution in [2.45, 2.75) is 9.48 Å². The lowest BCUT2D eigenvalue weighted by molar-refractivity contribution is -0.119. The highest BCUT2D eigenvalue weighted by Crippen LogP contribution is 2.45. The van der Waals surface area contributed by atoms with Crippen LogP contribution in [0.3, 0.4) is 0 Å². The van der Waals surface area contributed by atoms with Crippen molar-refractivity contribution in [1.29, 1.82) is 0 Å². The number of anilines is 1. The molecule has 1 aliphatic heterocycles. The Kier molecular flexibility index (Phi) is 7.45. The van der Waals surface area contributed by atoms with E-state index in [9.17, 15) is 18.0 Å². The normalized spacial score (nSPS) is 14.6. The van der Waals surface area contributed by atoms with Gasteiger partial charge in [-0.25, -0.2) is 17.5 Å². The number of hydrogen-bond acceptors (Lipinski definition) is 7. The summed E-state index contributed by atoms with van der Waals surface area (Å²) in [5.41, 5.74) is 1.83. The van der Waals surface area contributed by atoms with Crippen LogP contribution in [0.1, 0.15) is 20.5 Å². The van der Waals surface area contributed by atoms with Crippen molar-refractivity contribution < 1.29 is 22.7 Å².